The molecular weight excluding hydrogens is 458 g/mol. The number of hydrogen-bond donors (Lipinski definition) is 1. The number of hydroxylamine groups is 2. The van der Waals surface area contributed by atoms with Gasteiger partial charge in [0, 0.05) is 33.2 Å². The van der Waals surface area contributed by atoms with E-state index in [0.717, 1.165) is 19.3 Å². The molecule has 0 aliphatic carbocycles. The first-order valence-electron chi connectivity index (χ1n) is 12.0. The Balaban J connectivity index is 0.000000355. The standard InChI is InChI=1S/C13H24N2O4.C11H19NO4/c1-13(2,3)19-12(17)15-8-6-7-10(9-15)11(16)14(4)18-5;1-11(2,3)16-10(15)12-6-4-5-8(7-12)9(13)14/h10H,6-9H2,1-5H3;8H,4-7H2,1-3H3,(H,13,14). The third kappa shape index (κ3) is 11.1. The van der Waals surface area contributed by atoms with Gasteiger partial charge in [0.15, 0.2) is 0 Å². The van der Waals surface area contributed by atoms with Crippen LogP contribution in [0.3, 0.4) is 0 Å². The summed E-state index contributed by atoms with van der Waals surface area (Å²) in [4.78, 5) is 54.5. The van der Waals surface area contributed by atoms with Crippen molar-refractivity contribution in [2.45, 2.75) is 78.4 Å². The predicted molar refractivity (Wildman–Crippen MR) is 128 cm³/mol. The van der Waals surface area contributed by atoms with Crippen LogP contribution >= 0.6 is 0 Å². The minimum atomic E-state index is -0.840. The molecule has 0 saturated carbocycles. The first kappa shape index (κ1) is 30.5. The largest absolute Gasteiger partial charge is 0.481 e. The summed E-state index contributed by atoms with van der Waals surface area (Å²) in [6, 6.07) is 0. The second-order valence-corrected chi connectivity index (χ2v) is 10.9. The summed E-state index contributed by atoms with van der Waals surface area (Å²) in [6.45, 7) is 12.7. The van der Waals surface area contributed by atoms with Gasteiger partial charge in [0.1, 0.15) is 11.2 Å². The number of amides is 3. The summed E-state index contributed by atoms with van der Waals surface area (Å²) in [5, 5.41) is 10.1. The summed E-state index contributed by atoms with van der Waals surface area (Å²) in [6.07, 6.45) is 2.15. The number of nitrogens with zero attached hydrogens (tertiary/aromatic N) is 3. The zero-order valence-electron chi connectivity index (χ0n) is 22.5. The normalized spacial score (nSPS) is 20.8. The first-order valence-corrected chi connectivity index (χ1v) is 12.0. The van der Waals surface area contributed by atoms with Crippen LogP contribution in [0.4, 0.5) is 9.59 Å². The van der Waals surface area contributed by atoms with E-state index in [9.17, 15) is 19.2 Å². The molecule has 202 valence electrons. The molecule has 1 N–H and O–H groups in total. The first-order chi connectivity index (χ1) is 16.0. The van der Waals surface area contributed by atoms with Gasteiger partial charge in [-0.1, -0.05) is 0 Å². The Morgan fingerprint density at radius 1 is 0.800 bits per heavy atom. The molecule has 0 aromatic heterocycles. The Morgan fingerprint density at radius 3 is 1.57 bits per heavy atom. The second kappa shape index (κ2) is 12.9. The van der Waals surface area contributed by atoms with Gasteiger partial charge in [0.25, 0.3) is 5.91 Å². The number of ether oxygens (including phenoxy) is 2. The van der Waals surface area contributed by atoms with Crippen molar-refractivity contribution in [3.8, 4) is 0 Å². The van der Waals surface area contributed by atoms with Crippen molar-refractivity contribution >= 4 is 24.1 Å². The van der Waals surface area contributed by atoms with E-state index < -0.39 is 29.2 Å². The molecule has 2 unspecified atom stereocenters. The Labute approximate surface area is 208 Å². The number of carboxylic acids is 1. The van der Waals surface area contributed by atoms with Gasteiger partial charge in [-0.15, -0.1) is 0 Å². The molecule has 2 atom stereocenters. The van der Waals surface area contributed by atoms with Gasteiger partial charge in [-0.25, -0.2) is 14.7 Å². The van der Waals surface area contributed by atoms with Crippen molar-refractivity contribution in [3.63, 3.8) is 0 Å². The Bertz CT molecular complexity index is 744. The maximum absolute atomic E-state index is 12.0. The van der Waals surface area contributed by atoms with Gasteiger partial charge in [0.2, 0.25) is 0 Å². The van der Waals surface area contributed by atoms with E-state index in [0.29, 0.717) is 26.1 Å². The molecule has 35 heavy (non-hydrogen) atoms. The highest BCUT2D eigenvalue weighted by Gasteiger charge is 2.33. The van der Waals surface area contributed by atoms with Gasteiger partial charge < -0.3 is 24.4 Å². The molecule has 2 fully saturated rings. The van der Waals surface area contributed by atoms with E-state index in [2.05, 4.69) is 0 Å². The number of piperidine rings is 2. The molecule has 0 aromatic rings. The van der Waals surface area contributed by atoms with Crippen molar-refractivity contribution in [1.82, 2.24) is 14.9 Å². The summed E-state index contributed by atoms with van der Waals surface area (Å²) in [7, 11) is 3.03. The van der Waals surface area contributed by atoms with E-state index in [4.69, 9.17) is 19.4 Å². The Kier molecular flexibility index (Phi) is 11.3. The number of hydrogen-bond acceptors (Lipinski definition) is 7. The fourth-order valence-corrected chi connectivity index (χ4v) is 3.69. The molecule has 0 spiro atoms. The van der Waals surface area contributed by atoms with Gasteiger partial charge in [-0.3, -0.25) is 14.4 Å². The molecule has 11 heteroatoms. The van der Waals surface area contributed by atoms with Crippen molar-refractivity contribution in [2.24, 2.45) is 11.8 Å². The summed E-state index contributed by atoms with van der Waals surface area (Å²) < 4.78 is 10.5. The molecule has 2 rings (SSSR count). The molecule has 0 bridgehead atoms. The number of carboxylic acid groups (broad SMARTS) is 1. The summed E-state index contributed by atoms with van der Waals surface area (Å²) >= 11 is 0. The van der Waals surface area contributed by atoms with Crippen LogP contribution in [-0.2, 0) is 23.9 Å². The summed E-state index contributed by atoms with van der Waals surface area (Å²) in [5.74, 6) is -1.61. The van der Waals surface area contributed by atoms with Crippen LogP contribution in [0.1, 0.15) is 67.2 Å². The molecule has 2 heterocycles. The molecule has 11 nitrogen and oxygen atoms in total. The SMILES string of the molecule is CC(C)(C)OC(=O)N1CCCC(C(=O)O)C1.CON(C)C(=O)C1CCCN(C(=O)OC(C)(C)C)C1. The highest BCUT2D eigenvalue weighted by Crippen LogP contribution is 2.21. The third-order valence-corrected chi connectivity index (χ3v) is 5.43. The molecule has 0 radical (unpaired) electrons. The lowest BCUT2D eigenvalue weighted by molar-refractivity contribution is -0.174. The van der Waals surface area contributed by atoms with Gasteiger partial charge in [0.05, 0.1) is 18.9 Å². The fourth-order valence-electron chi connectivity index (χ4n) is 3.69. The zero-order chi connectivity index (χ0) is 27.0. The quantitative estimate of drug-likeness (QED) is 0.584. The Morgan fingerprint density at radius 2 is 1.20 bits per heavy atom. The van der Waals surface area contributed by atoms with Crippen LogP contribution in [0.5, 0.6) is 0 Å². The molecule has 2 saturated heterocycles. The van der Waals surface area contributed by atoms with E-state index in [1.807, 2.05) is 20.8 Å². The lowest BCUT2D eigenvalue weighted by Gasteiger charge is -2.34. The highest BCUT2D eigenvalue weighted by atomic mass is 16.7. The molecule has 2 aliphatic rings. The number of carbonyl (C=O) groups is 4. The third-order valence-electron chi connectivity index (χ3n) is 5.43. The van der Waals surface area contributed by atoms with Crippen molar-refractivity contribution in [2.75, 3.05) is 40.3 Å². The van der Waals surface area contributed by atoms with E-state index in [-0.39, 0.29) is 24.5 Å². The predicted octanol–water partition coefficient (Wildman–Crippen LogP) is 3.37. The van der Waals surface area contributed by atoms with Gasteiger partial charge in [-0.2, -0.15) is 0 Å². The molecule has 0 aromatic carbocycles. The lowest BCUT2D eigenvalue weighted by atomic mass is 9.97. The van der Waals surface area contributed by atoms with E-state index in [1.165, 1.54) is 17.1 Å². The van der Waals surface area contributed by atoms with Crippen molar-refractivity contribution in [1.29, 1.82) is 0 Å². The summed E-state index contributed by atoms with van der Waals surface area (Å²) in [5.41, 5.74) is -1.05. The smallest absolute Gasteiger partial charge is 0.410 e. The van der Waals surface area contributed by atoms with Crippen molar-refractivity contribution < 1.29 is 38.6 Å². The molecule has 3 amide bonds. The topological polar surface area (TPSA) is 126 Å². The van der Waals surface area contributed by atoms with Crippen LogP contribution in [0.25, 0.3) is 0 Å². The molecule has 2 aliphatic heterocycles. The Hall–Kier alpha value is -2.56. The molecular formula is C24H43N3O8. The van der Waals surface area contributed by atoms with Crippen LogP contribution < -0.4 is 0 Å². The van der Waals surface area contributed by atoms with Gasteiger partial charge in [-0.05, 0) is 67.2 Å². The maximum atomic E-state index is 12.0. The second-order valence-electron chi connectivity index (χ2n) is 10.9. The minimum absolute atomic E-state index is 0.101. The van der Waals surface area contributed by atoms with Crippen LogP contribution in [-0.4, -0.2) is 95.6 Å². The number of carbonyl (C=O) groups excluding carboxylic acids is 3. The lowest BCUT2D eigenvalue weighted by Crippen LogP contribution is -2.47. The number of aliphatic carboxylic acids is 1. The minimum Gasteiger partial charge on any atom is -0.481 e. The number of rotatable bonds is 3. The number of likely N-dealkylation sites (tertiary alicyclic amines) is 2. The average molecular weight is 502 g/mol. The van der Waals surface area contributed by atoms with E-state index >= 15 is 0 Å². The maximum Gasteiger partial charge on any atom is 0.410 e. The monoisotopic (exact) mass is 501 g/mol. The fraction of sp³-hybridized carbons (Fsp3) is 0.833. The average Bonchev–Trinajstić information content (AvgIpc) is 2.76. The van der Waals surface area contributed by atoms with E-state index in [1.54, 1.807) is 32.7 Å². The highest BCUT2D eigenvalue weighted by molar-refractivity contribution is 5.79. The zero-order valence-corrected chi connectivity index (χ0v) is 22.5. The van der Waals surface area contributed by atoms with Crippen LogP contribution in [0.15, 0.2) is 0 Å². The van der Waals surface area contributed by atoms with Gasteiger partial charge >= 0.3 is 18.2 Å². The van der Waals surface area contributed by atoms with Crippen LogP contribution in [0, 0.1) is 11.8 Å². The van der Waals surface area contributed by atoms with Crippen LogP contribution in [0.2, 0.25) is 0 Å². The van der Waals surface area contributed by atoms with Crippen molar-refractivity contribution in [3.05, 3.63) is 0 Å².